The normalized spacial score (nSPS) is 14.3. The van der Waals surface area contributed by atoms with Gasteiger partial charge in [0.2, 0.25) is 0 Å². The van der Waals surface area contributed by atoms with E-state index in [-0.39, 0.29) is 17.2 Å². The van der Waals surface area contributed by atoms with Gasteiger partial charge in [0, 0.05) is 4.90 Å². The molecule has 5 heteroatoms. The van der Waals surface area contributed by atoms with Crippen LogP contribution in [0, 0.1) is 0 Å². The fourth-order valence-electron chi connectivity index (χ4n) is 3.57. The number of rotatable bonds is 5. The van der Waals surface area contributed by atoms with E-state index in [9.17, 15) is 9.59 Å². The Morgan fingerprint density at radius 1 is 0.781 bits per heavy atom. The van der Waals surface area contributed by atoms with Gasteiger partial charge < -0.3 is 4.74 Å². The second-order valence-corrected chi connectivity index (χ2v) is 9.67. The van der Waals surface area contributed by atoms with E-state index in [1.54, 1.807) is 19.2 Å². The van der Waals surface area contributed by atoms with E-state index in [1.807, 2.05) is 66.7 Å². The lowest BCUT2D eigenvalue weighted by atomic mass is 9.87. The molecular formula is C27H25NO3S. The number of imide groups is 1. The second kappa shape index (κ2) is 8.67. The number of carbonyl (C=O) groups excluding carboxylic acids is 2. The standard InChI is InChI=1S/C27H25NO3S/c1-27(2,3)19-12-14-20(15-13-19)28-25(29)23(18-10-16-21(31-4)17-11-18)24(26(28)30)32-22-8-6-5-7-9-22/h5-17H,1-4H3. The molecule has 0 saturated heterocycles. The molecule has 1 aliphatic heterocycles. The maximum atomic E-state index is 13.6. The topological polar surface area (TPSA) is 46.6 Å². The molecule has 0 spiro atoms. The lowest BCUT2D eigenvalue weighted by molar-refractivity contribution is -0.119. The lowest BCUT2D eigenvalue weighted by Crippen LogP contribution is -2.31. The Kier molecular flexibility index (Phi) is 5.94. The van der Waals surface area contributed by atoms with Crippen LogP contribution >= 0.6 is 11.8 Å². The van der Waals surface area contributed by atoms with E-state index in [0.29, 0.717) is 27.5 Å². The van der Waals surface area contributed by atoms with Gasteiger partial charge >= 0.3 is 0 Å². The molecule has 2 amide bonds. The monoisotopic (exact) mass is 443 g/mol. The molecule has 3 aromatic rings. The molecule has 0 aromatic heterocycles. The number of benzene rings is 3. The minimum Gasteiger partial charge on any atom is -0.497 e. The third-order valence-electron chi connectivity index (χ3n) is 5.37. The minimum absolute atomic E-state index is 0.0155. The van der Waals surface area contributed by atoms with Crippen LogP contribution in [0.25, 0.3) is 5.57 Å². The van der Waals surface area contributed by atoms with Crippen molar-refractivity contribution >= 4 is 34.8 Å². The van der Waals surface area contributed by atoms with Crippen molar-refractivity contribution in [1.82, 2.24) is 0 Å². The molecule has 1 heterocycles. The summed E-state index contributed by atoms with van der Waals surface area (Å²) in [6.07, 6.45) is 0. The van der Waals surface area contributed by atoms with Crippen molar-refractivity contribution in [1.29, 1.82) is 0 Å². The van der Waals surface area contributed by atoms with Gasteiger partial charge in [-0.15, -0.1) is 0 Å². The van der Waals surface area contributed by atoms with Crippen molar-refractivity contribution in [2.45, 2.75) is 31.1 Å². The van der Waals surface area contributed by atoms with Gasteiger partial charge in [-0.05, 0) is 52.9 Å². The first-order valence-electron chi connectivity index (χ1n) is 10.4. The van der Waals surface area contributed by atoms with Crippen molar-refractivity contribution in [3.63, 3.8) is 0 Å². The van der Waals surface area contributed by atoms with Gasteiger partial charge in [0.05, 0.1) is 23.3 Å². The molecule has 0 atom stereocenters. The van der Waals surface area contributed by atoms with E-state index in [4.69, 9.17) is 4.74 Å². The predicted molar refractivity (Wildman–Crippen MR) is 130 cm³/mol. The van der Waals surface area contributed by atoms with Crippen LogP contribution in [0.5, 0.6) is 5.75 Å². The van der Waals surface area contributed by atoms with Crippen LogP contribution < -0.4 is 9.64 Å². The number of carbonyl (C=O) groups is 2. The number of thioether (sulfide) groups is 1. The summed E-state index contributed by atoms with van der Waals surface area (Å²) in [4.78, 5) is 29.7. The molecule has 0 bridgehead atoms. The summed E-state index contributed by atoms with van der Waals surface area (Å²) in [5.41, 5.74) is 2.80. The summed E-state index contributed by atoms with van der Waals surface area (Å²) in [7, 11) is 1.60. The van der Waals surface area contributed by atoms with Crippen molar-refractivity contribution in [2.75, 3.05) is 12.0 Å². The fraction of sp³-hybridized carbons (Fsp3) is 0.185. The molecule has 32 heavy (non-hydrogen) atoms. The quantitative estimate of drug-likeness (QED) is 0.449. The largest absolute Gasteiger partial charge is 0.497 e. The van der Waals surface area contributed by atoms with Crippen molar-refractivity contribution in [3.05, 3.63) is 94.9 Å². The summed E-state index contributed by atoms with van der Waals surface area (Å²) >= 11 is 1.32. The van der Waals surface area contributed by atoms with Crippen LogP contribution in [-0.2, 0) is 15.0 Å². The number of methoxy groups -OCH3 is 1. The SMILES string of the molecule is COc1ccc(C2=C(Sc3ccccc3)C(=O)N(c3ccc(C(C)(C)C)cc3)C2=O)cc1. The number of anilines is 1. The molecule has 1 aliphatic rings. The first-order valence-corrected chi connectivity index (χ1v) is 11.2. The summed E-state index contributed by atoms with van der Waals surface area (Å²) in [5, 5.41) is 0. The third-order valence-corrected chi connectivity index (χ3v) is 6.47. The number of ether oxygens (including phenoxy) is 1. The van der Waals surface area contributed by atoms with E-state index in [1.165, 1.54) is 16.7 Å². The highest BCUT2D eigenvalue weighted by Gasteiger charge is 2.40. The predicted octanol–water partition coefficient (Wildman–Crippen LogP) is 6.07. The van der Waals surface area contributed by atoms with Crippen LogP contribution in [0.3, 0.4) is 0 Å². The Balaban J connectivity index is 1.77. The minimum atomic E-state index is -0.317. The summed E-state index contributed by atoms with van der Waals surface area (Å²) < 4.78 is 5.25. The van der Waals surface area contributed by atoms with E-state index >= 15 is 0 Å². The van der Waals surface area contributed by atoms with E-state index in [2.05, 4.69) is 20.8 Å². The molecular weight excluding hydrogens is 418 g/mol. The van der Waals surface area contributed by atoms with Gasteiger partial charge in [0.15, 0.2) is 0 Å². The average molecular weight is 444 g/mol. The van der Waals surface area contributed by atoms with Gasteiger partial charge in [-0.25, -0.2) is 4.90 Å². The molecule has 0 aliphatic carbocycles. The number of hydrogen-bond acceptors (Lipinski definition) is 4. The first kappa shape index (κ1) is 21.9. The Morgan fingerprint density at radius 3 is 1.97 bits per heavy atom. The smallest absolute Gasteiger partial charge is 0.272 e. The molecule has 0 N–H and O–H groups in total. The Morgan fingerprint density at radius 2 is 1.41 bits per heavy atom. The molecule has 4 nitrogen and oxygen atoms in total. The average Bonchev–Trinajstić information content (AvgIpc) is 3.03. The second-order valence-electron chi connectivity index (χ2n) is 8.59. The van der Waals surface area contributed by atoms with Gasteiger partial charge in [-0.3, -0.25) is 9.59 Å². The number of hydrogen-bond donors (Lipinski definition) is 0. The van der Waals surface area contributed by atoms with Crippen LogP contribution in [-0.4, -0.2) is 18.9 Å². The molecule has 3 aromatic carbocycles. The molecule has 162 valence electrons. The van der Waals surface area contributed by atoms with Crippen LogP contribution in [0.1, 0.15) is 31.9 Å². The van der Waals surface area contributed by atoms with E-state index < -0.39 is 0 Å². The van der Waals surface area contributed by atoms with Crippen molar-refractivity contribution in [2.24, 2.45) is 0 Å². The van der Waals surface area contributed by atoms with Gasteiger partial charge in [-0.1, -0.05) is 75.0 Å². The zero-order chi connectivity index (χ0) is 22.9. The molecule has 0 saturated carbocycles. The molecule has 0 fully saturated rings. The van der Waals surface area contributed by atoms with Crippen molar-refractivity contribution in [3.8, 4) is 5.75 Å². The van der Waals surface area contributed by atoms with E-state index in [0.717, 1.165) is 10.5 Å². The summed E-state index contributed by atoms with van der Waals surface area (Å²) in [6, 6.07) is 24.5. The molecule has 0 radical (unpaired) electrons. The lowest BCUT2D eigenvalue weighted by Gasteiger charge is -2.21. The van der Waals surface area contributed by atoms with Gasteiger partial charge in [0.1, 0.15) is 5.75 Å². The maximum absolute atomic E-state index is 13.6. The number of nitrogens with zero attached hydrogens (tertiary/aromatic N) is 1. The third kappa shape index (κ3) is 4.21. The highest BCUT2D eigenvalue weighted by molar-refractivity contribution is 8.04. The van der Waals surface area contributed by atoms with Gasteiger partial charge in [-0.2, -0.15) is 0 Å². The zero-order valence-electron chi connectivity index (χ0n) is 18.6. The van der Waals surface area contributed by atoms with Crippen LogP contribution in [0.15, 0.2) is 88.7 Å². The Labute approximate surface area is 192 Å². The summed E-state index contributed by atoms with van der Waals surface area (Å²) in [6.45, 7) is 6.39. The van der Waals surface area contributed by atoms with Gasteiger partial charge in [0.25, 0.3) is 11.8 Å². The first-order chi connectivity index (χ1) is 15.3. The highest BCUT2D eigenvalue weighted by Crippen LogP contribution is 2.41. The number of amides is 2. The van der Waals surface area contributed by atoms with Crippen molar-refractivity contribution < 1.29 is 14.3 Å². The maximum Gasteiger partial charge on any atom is 0.272 e. The fourth-order valence-corrected chi connectivity index (χ4v) is 4.58. The zero-order valence-corrected chi connectivity index (χ0v) is 19.4. The molecule has 0 unspecified atom stereocenters. The molecule has 4 rings (SSSR count). The Hall–Kier alpha value is -3.31. The van der Waals surface area contributed by atoms with Crippen LogP contribution in [0.2, 0.25) is 0 Å². The Bertz CT molecular complexity index is 1170. The summed E-state index contributed by atoms with van der Waals surface area (Å²) in [5.74, 6) is 0.0679. The highest BCUT2D eigenvalue weighted by atomic mass is 32.2. The van der Waals surface area contributed by atoms with Crippen LogP contribution in [0.4, 0.5) is 5.69 Å².